The highest BCUT2D eigenvalue weighted by atomic mass is 14.9. The van der Waals surface area contributed by atoms with Crippen molar-refractivity contribution in [2.24, 2.45) is 0 Å². The third-order valence-corrected chi connectivity index (χ3v) is 1.37. The fraction of sp³-hybridized carbons (Fsp3) is 0.143. The van der Waals surface area contributed by atoms with E-state index in [-0.39, 0.29) is 0 Å². The van der Waals surface area contributed by atoms with Gasteiger partial charge in [0.1, 0.15) is 0 Å². The maximum Gasteiger partial charge on any atom is 0.0407 e. The van der Waals surface area contributed by atoms with Crippen LogP contribution in [0.3, 0.4) is 0 Å². The average molecular weight is 105 g/mol. The zero-order valence-electron chi connectivity index (χ0n) is 4.73. The molecule has 0 saturated heterocycles. The molecule has 40 valence electrons. The summed E-state index contributed by atoms with van der Waals surface area (Å²) in [5.74, 6) is 0. The molecule has 0 amide bonds. The Hall–Kier alpha value is -0.980. The topological polar surface area (TPSA) is 12.0 Å². The number of nitrogens with one attached hydrogen (secondary N) is 1. The van der Waals surface area contributed by atoms with E-state index in [4.69, 9.17) is 0 Å². The minimum atomic E-state index is 1.25. The number of hydrogen-bond donors (Lipinski definition) is 1. The van der Waals surface area contributed by atoms with Crippen molar-refractivity contribution in [2.75, 3.05) is 5.32 Å². The number of anilines is 2. The Kier molecular flexibility index (Phi) is 0.519. The number of rotatable bonds is 0. The van der Waals surface area contributed by atoms with Gasteiger partial charge in [-0.25, -0.2) is 0 Å². The van der Waals surface area contributed by atoms with Crippen molar-refractivity contribution in [1.82, 2.24) is 0 Å². The molecule has 3 rings (SSSR count). The summed E-state index contributed by atoms with van der Waals surface area (Å²) < 4.78 is 0. The normalized spacial score (nSPS) is 12.1. The molecule has 1 aromatic rings. The number of fused-ring (bicyclic) bond motifs is 2. The lowest BCUT2D eigenvalue weighted by Crippen LogP contribution is -2.00. The lowest BCUT2D eigenvalue weighted by molar-refractivity contribution is 1.38. The highest BCUT2D eigenvalue weighted by molar-refractivity contribution is 5.75. The third-order valence-electron chi connectivity index (χ3n) is 1.37. The first-order chi connectivity index (χ1) is 3.84. The molecule has 1 N–H and O–H groups in total. The van der Waals surface area contributed by atoms with Crippen LogP contribution in [0.5, 0.6) is 0 Å². The second-order valence-electron chi connectivity index (χ2n) is 2.21. The van der Waals surface area contributed by atoms with Gasteiger partial charge in [0, 0.05) is 11.4 Å². The van der Waals surface area contributed by atoms with Crippen LogP contribution in [0.1, 0.15) is 5.56 Å². The van der Waals surface area contributed by atoms with Crippen molar-refractivity contribution in [3.8, 4) is 0 Å². The van der Waals surface area contributed by atoms with E-state index in [1.807, 2.05) is 0 Å². The van der Waals surface area contributed by atoms with Gasteiger partial charge in [0.15, 0.2) is 0 Å². The van der Waals surface area contributed by atoms with Crippen LogP contribution in [-0.4, -0.2) is 0 Å². The molecule has 1 aromatic carbocycles. The van der Waals surface area contributed by atoms with E-state index in [0.717, 1.165) is 0 Å². The van der Waals surface area contributed by atoms with E-state index in [9.17, 15) is 0 Å². The van der Waals surface area contributed by atoms with Crippen molar-refractivity contribution in [3.05, 3.63) is 23.8 Å². The number of hydrogen-bond acceptors (Lipinski definition) is 1. The highest BCUT2D eigenvalue weighted by Gasteiger charge is 2.05. The molecule has 0 aliphatic carbocycles. The summed E-state index contributed by atoms with van der Waals surface area (Å²) in [5.41, 5.74) is 3.84. The Morgan fingerprint density at radius 3 is 1.88 bits per heavy atom. The molecule has 0 radical (unpaired) electrons. The predicted molar refractivity (Wildman–Crippen MR) is 34.5 cm³/mol. The summed E-state index contributed by atoms with van der Waals surface area (Å²) >= 11 is 0. The fourth-order valence-corrected chi connectivity index (χ4v) is 1.02. The van der Waals surface area contributed by atoms with Gasteiger partial charge >= 0.3 is 0 Å². The van der Waals surface area contributed by atoms with Crippen LogP contribution < -0.4 is 5.32 Å². The van der Waals surface area contributed by atoms with Crippen LogP contribution in [0.25, 0.3) is 0 Å². The van der Waals surface area contributed by atoms with Crippen LogP contribution in [0, 0.1) is 6.92 Å². The van der Waals surface area contributed by atoms with E-state index in [1.54, 1.807) is 0 Å². The molecule has 0 unspecified atom stereocenters. The van der Waals surface area contributed by atoms with Gasteiger partial charge in [-0.3, -0.25) is 0 Å². The monoisotopic (exact) mass is 105 g/mol. The van der Waals surface area contributed by atoms with Gasteiger partial charge in [0.25, 0.3) is 0 Å². The van der Waals surface area contributed by atoms with Gasteiger partial charge in [0.2, 0.25) is 0 Å². The van der Waals surface area contributed by atoms with Crippen LogP contribution in [0.2, 0.25) is 0 Å². The molecule has 0 spiro atoms. The first-order valence-corrected chi connectivity index (χ1v) is 2.73. The predicted octanol–water partition coefficient (Wildman–Crippen LogP) is 2.05. The van der Waals surface area contributed by atoms with Crippen molar-refractivity contribution < 1.29 is 0 Å². The zero-order chi connectivity index (χ0) is 5.56. The molecule has 1 nitrogen and oxygen atoms in total. The van der Waals surface area contributed by atoms with Crippen LogP contribution in [0.4, 0.5) is 11.4 Å². The third kappa shape index (κ3) is 0.360. The van der Waals surface area contributed by atoms with Crippen LogP contribution in [-0.2, 0) is 0 Å². The smallest absolute Gasteiger partial charge is 0.0407 e. The van der Waals surface area contributed by atoms with Gasteiger partial charge in [-0.15, -0.1) is 0 Å². The maximum absolute atomic E-state index is 3.16. The van der Waals surface area contributed by atoms with E-state index in [2.05, 4.69) is 30.4 Å². The van der Waals surface area contributed by atoms with Crippen molar-refractivity contribution >= 4 is 11.4 Å². The van der Waals surface area contributed by atoms with Gasteiger partial charge < -0.3 is 5.32 Å². The molecule has 2 aliphatic rings. The maximum atomic E-state index is 3.16. The Bertz CT molecular complexity index is 206. The molecular weight excluding hydrogens is 98.1 g/mol. The number of aryl methyl sites for hydroxylation is 1. The van der Waals surface area contributed by atoms with E-state index in [0.29, 0.717) is 0 Å². The summed E-state index contributed by atoms with van der Waals surface area (Å²) in [6, 6.07) is 6.40. The van der Waals surface area contributed by atoms with Gasteiger partial charge in [0.05, 0.1) is 0 Å². The van der Waals surface area contributed by atoms with Crippen LogP contribution >= 0.6 is 0 Å². The lowest BCUT2D eigenvalue weighted by atomic mass is 10.1. The molecule has 2 bridgehead atoms. The first-order valence-electron chi connectivity index (χ1n) is 2.73. The Labute approximate surface area is 48.3 Å². The second kappa shape index (κ2) is 1.05. The summed E-state index contributed by atoms with van der Waals surface area (Å²) in [6.45, 7) is 2.10. The quantitative estimate of drug-likeness (QED) is 0.540. The Morgan fingerprint density at radius 1 is 1.12 bits per heavy atom. The lowest BCUT2D eigenvalue weighted by Gasteiger charge is -2.17. The zero-order valence-corrected chi connectivity index (χ0v) is 4.73. The van der Waals surface area contributed by atoms with Crippen molar-refractivity contribution in [3.63, 3.8) is 0 Å². The highest BCUT2D eigenvalue weighted by Crippen LogP contribution is 2.30. The first kappa shape index (κ1) is 3.96. The van der Waals surface area contributed by atoms with Gasteiger partial charge in [-0.05, 0) is 30.7 Å². The van der Waals surface area contributed by atoms with E-state index in [1.165, 1.54) is 16.9 Å². The molecule has 0 atom stereocenters. The SMILES string of the molecule is Cc1cc2cc(c1)N2. The largest absolute Gasteiger partial charge is 0.355 e. The molecular formula is C7H7N. The summed E-state index contributed by atoms with van der Waals surface area (Å²) in [4.78, 5) is 0. The molecule has 0 aromatic heterocycles. The van der Waals surface area contributed by atoms with Crippen molar-refractivity contribution in [1.29, 1.82) is 0 Å². The Balaban J connectivity index is 2.69. The summed E-state index contributed by atoms with van der Waals surface area (Å²) in [7, 11) is 0. The fourth-order valence-electron chi connectivity index (χ4n) is 1.02. The van der Waals surface area contributed by atoms with E-state index < -0.39 is 0 Å². The van der Waals surface area contributed by atoms with Crippen LogP contribution in [0.15, 0.2) is 18.2 Å². The minimum absolute atomic E-state index is 1.25. The summed E-state index contributed by atoms with van der Waals surface area (Å²) in [5, 5.41) is 3.16. The molecule has 2 heterocycles. The molecule has 0 fully saturated rings. The average Bonchev–Trinajstić information content (AvgIpc) is 1.62. The molecule has 2 aliphatic heterocycles. The van der Waals surface area contributed by atoms with E-state index >= 15 is 0 Å². The molecule has 8 heavy (non-hydrogen) atoms. The van der Waals surface area contributed by atoms with Gasteiger partial charge in [-0.2, -0.15) is 0 Å². The van der Waals surface area contributed by atoms with Crippen molar-refractivity contribution in [2.45, 2.75) is 6.92 Å². The minimum Gasteiger partial charge on any atom is -0.355 e. The Morgan fingerprint density at radius 2 is 1.62 bits per heavy atom. The summed E-state index contributed by atoms with van der Waals surface area (Å²) in [6.07, 6.45) is 0. The standard InChI is InChI=1S/C7H7N/c1-5-2-6-4-7(3-5)8-6/h2-4,8H,1H3. The number of benzene rings is 1. The van der Waals surface area contributed by atoms with Gasteiger partial charge in [-0.1, -0.05) is 0 Å². The molecule has 1 heteroatoms. The second-order valence-corrected chi connectivity index (χ2v) is 2.21. The molecule has 0 saturated carbocycles.